The molecule has 31 heavy (non-hydrogen) atoms. The zero-order valence-electron chi connectivity index (χ0n) is 17.4. The topological polar surface area (TPSA) is 76.1 Å². The fourth-order valence-electron chi connectivity index (χ4n) is 4.01. The zero-order valence-corrected chi connectivity index (χ0v) is 18.1. The lowest BCUT2D eigenvalue weighted by atomic mass is 10.1. The van der Waals surface area contributed by atoms with Gasteiger partial charge in [0.15, 0.2) is 5.65 Å². The van der Waals surface area contributed by atoms with E-state index < -0.39 is 0 Å². The van der Waals surface area contributed by atoms with E-state index in [1.54, 1.807) is 4.68 Å². The van der Waals surface area contributed by atoms with Gasteiger partial charge in [0, 0.05) is 50.4 Å². The SMILES string of the molecule is Cn1nc2nc(N3CCN(Cc4ccccc4)CC3)nc(-c3ccc(Cl)cc3)c2c1N. The second kappa shape index (κ2) is 8.17. The molecule has 0 unspecified atom stereocenters. The van der Waals surface area contributed by atoms with Crippen LogP contribution in [-0.4, -0.2) is 50.8 Å². The highest BCUT2D eigenvalue weighted by atomic mass is 35.5. The van der Waals surface area contributed by atoms with E-state index >= 15 is 0 Å². The number of nitrogens with zero attached hydrogens (tertiary/aromatic N) is 6. The molecule has 1 saturated heterocycles. The molecule has 5 rings (SSSR count). The van der Waals surface area contributed by atoms with Crippen molar-refractivity contribution in [3.63, 3.8) is 0 Å². The molecule has 0 saturated carbocycles. The molecule has 0 bridgehead atoms. The molecule has 4 aromatic rings. The first-order valence-electron chi connectivity index (χ1n) is 10.4. The molecule has 3 heterocycles. The fraction of sp³-hybridized carbons (Fsp3) is 0.261. The van der Waals surface area contributed by atoms with E-state index in [9.17, 15) is 0 Å². The molecule has 2 N–H and O–H groups in total. The lowest BCUT2D eigenvalue weighted by molar-refractivity contribution is 0.249. The second-order valence-electron chi connectivity index (χ2n) is 7.84. The van der Waals surface area contributed by atoms with Gasteiger partial charge in [0.1, 0.15) is 5.82 Å². The van der Waals surface area contributed by atoms with Gasteiger partial charge in [0.2, 0.25) is 5.95 Å². The van der Waals surface area contributed by atoms with Crippen molar-refractivity contribution in [2.45, 2.75) is 6.54 Å². The zero-order chi connectivity index (χ0) is 21.4. The summed E-state index contributed by atoms with van der Waals surface area (Å²) in [7, 11) is 1.82. The summed E-state index contributed by atoms with van der Waals surface area (Å²) in [5.41, 5.74) is 9.98. The summed E-state index contributed by atoms with van der Waals surface area (Å²) in [6.07, 6.45) is 0. The van der Waals surface area contributed by atoms with Gasteiger partial charge >= 0.3 is 0 Å². The van der Waals surface area contributed by atoms with Crippen molar-refractivity contribution in [2.75, 3.05) is 36.8 Å². The van der Waals surface area contributed by atoms with Crippen molar-refractivity contribution < 1.29 is 0 Å². The Bertz CT molecular complexity index is 1200. The second-order valence-corrected chi connectivity index (χ2v) is 8.27. The van der Waals surface area contributed by atoms with Crippen molar-refractivity contribution in [1.29, 1.82) is 0 Å². The summed E-state index contributed by atoms with van der Waals surface area (Å²) in [5.74, 6) is 1.24. The summed E-state index contributed by atoms with van der Waals surface area (Å²) in [4.78, 5) is 14.4. The molecular weight excluding hydrogens is 410 g/mol. The fourth-order valence-corrected chi connectivity index (χ4v) is 4.14. The van der Waals surface area contributed by atoms with E-state index in [1.165, 1.54) is 5.56 Å². The highest BCUT2D eigenvalue weighted by Gasteiger charge is 2.23. The van der Waals surface area contributed by atoms with Gasteiger partial charge in [-0.25, -0.2) is 4.98 Å². The molecule has 1 fully saturated rings. The Balaban J connectivity index is 1.43. The highest BCUT2D eigenvalue weighted by molar-refractivity contribution is 6.30. The number of benzene rings is 2. The van der Waals surface area contributed by atoms with Crippen molar-refractivity contribution >= 4 is 34.4 Å². The molecule has 7 nitrogen and oxygen atoms in total. The average Bonchev–Trinajstić information content (AvgIpc) is 3.08. The van der Waals surface area contributed by atoms with Crippen molar-refractivity contribution in [3.8, 4) is 11.3 Å². The summed E-state index contributed by atoms with van der Waals surface area (Å²) < 4.78 is 1.65. The molecule has 0 aliphatic carbocycles. The number of anilines is 2. The molecular formula is C23H24ClN7. The maximum absolute atomic E-state index is 6.30. The van der Waals surface area contributed by atoms with Crippen molar-refractivity contribution in [1.82, 2.24) is 24.6 Å². The molecule has 8 heteroatoms. The number of piperazine rings is 1. The van der Waals surface area contributed by atoms with Crippen LogP contribution in [0.25, 0.3) is 22.3 Å². The minimum atomic E-state index is 0.555. The molecule has 1 aliphatic rings. The molecule has 0 spiro atoms. The third kappa shape index (κ3) is 3.94. The lowest BCUT2D eigenvalue weighted by Crippen LogP contribution is -2.46. The number of rotatable bonds is 4. The van der Waals surface area contributed by atoms with E-state index in [-0.39, 0.29) is 0 Å². The molecule has 1 aliphatic heterocycles. The van der Waals surface area contributed by atoms with E-state index in [2.05, 4.69) is 45.2 Å². The third-order valence-corrected chi connectivity index (χ3v) is 6.00. The molecule has 0 amide bonds. The van der Waals surface area contributed by atoms with Gasteiger partial charge in [-0.15, -0.1) is 0 Å². The van der Waals surface area contributed by atoms with Crippen molar-refractivity contribution in [2.24, 2.45) is 7.05 Å². The number of hydrogen-bond acceptors (Lipinski definition) is 6. The van der Waals surface area contributed by atoms with Gasteiger partial charge in [-0.05, 0) is 17.7 Å². The number of aryl methyl sites for hydroxylation is 1. The van der Waals surface area contributed by atoms with Gasteiger partial charge in [-0.2, -0.15) is 10.1 Å². The Morgan fingerprint density at radius 2 is 1.65 bits per heavy atom. The summed E-state index contributed by atoms with van der Waals surface area (Å²) in [5, 5.41) is 5.98. The molecule has 158 valence electrons. The largest absolute Gasteiger partial charge is 0.383 e. The van der Waals surface area contributed by atoms with E-state index in [0.29, 0.717) is 22.4 Å². The van der Waals surface area contributed by atoms with Crippen LogP contribution in [0.5, 0.6) is 0 Å². The number of fused-ring (bicyclic) bond motifs is 1. The van der Waals surface area contributed by atoms with E-state index in [4.69, 9.17) is 27.3 Å². The van der Waals surface area contributed by atoms with Gasteiger partial charge in [0.25, 0.3) is 0 Å². The standard InChI is InChI=1S/C23H24ClN7/c1-29-21(25)19-20(17-7-9-18(24)10-8-17)26-23(27-22(19)28-29)31-13-11-30(12-14-31)15-16-5-3-2-4-6-16/h2-10H,11-15,25H2,1H3. The smallest absolute Gasteiger partial charge is 0.228 e. The first kappa shape index (κ1) is 19.8. The summed E-state index contributed by atoms with van der Waals surface area (Å²) in [6, 6.07) is 18.2. The normalized spacial score (nSPS) is 15.0. The van der Waals surface area contributed by atoms with Gasteiger partial charge in [0.05, 0.1) is 11.1 Å². The number of hydrogen-bond donors (Lipinski definition) is 1. The number of nitrogens with two attached hydrogens (primary N) is 1. The Morgan fingerprint density at radius 3 is 2.35 bits per heavy atom. The molecule has 2 aromatic carbocycles. The highest BCUT2D eigenvalue weighted by Crippen LogP contribution is 2.32. The summed E-state index contributed by atoms with van der Waals surface area (Å²) >= 11 is 6.09. The predicted molar refractivity (Wildman–Crippen MR) is 125 cm³/mol. The van der Waals surface area contributed by atoms with E-state index in [0.717, 1.165) is 49.4 Å². The lowest BCUT2D eigenvalue weighted by Gasteiger charge is -2.34. The molecule has 0 atom stereocenters. The average molecular weight is 434 g/mol. The van der Waals surface area contributed by atoms with Gasteiger partial charge in [-0.1, -0.05) is 54.1 Å². The first-order valence-corrected chi connectivity index (χ1v) is 10.7. The number of halogens is 1. The Hall–Kier alpha value is -3.16. The van der Waals surface area contributed by atoms with Crippen LogP contribution in [0.1, 0.15) is 5.56 Å². The third-order valence-electron chi connectivity index (χ3n) is 5.75. The maximum Gasteiger partial charge on any atom is 0.228 e. The van der Waals surface area contributed by atoms with Crippen LogP contribution in [0.3, 0.4) is 0 Å². The van der Waals surface area contributed by atoms with Crippen LogP contribution in [0.2, 0.25) is 5.02 Å². The monoisotopic (exact) mass is 433 g/mol. The van der Waals surface area contributed by atoms with E-state index in [1.807, 2.05) is 31.3 Å². The Kier molecular flexibility index (Phi) is 5.21. The van der Waals surface area contributed by atoms with Crippen LogP contribution < -0.4 is 10.6 Å². The maximum atomic E-state index is 6.30. The number of nitrogen functional groups attached to an aromatic ring is 1. The molecule has 2 aromatic heterocycles. The predicted octanol–water partition coefficient (Wildman–Crippen LogP) is 3.59. The van der Waals surface area contributed by atoms with Crippen LogP contribution in [0, 0.1) is 0 Å². The quantitative estimate of drug-likeness (QED) is 0.530. The Morgan fingerprint density at radius 1 is 0.935 bits per heavy atom. The van der Waals surface area contributed by atoms with Crippen molar-refractivity contribution in [3.05, 3.63) is 65.2 Å². The minimum Gasteiger partial charge on any atom is -0.383 e. The minimum absolute atomic E-state index is 0.555. The molecule has 0 radical (unpaired) electrons. The van der Waals surface area contributed by atoms with Crippen LogP contribution in [-0.2, 0) is 13.6 Å². The Labute approximate surface area is 186 Å². The van der Waals surface area contributed by atoms with Crippen LogP contribution >= 0.6 is 11.6 Å². The van der Waals surface area contributed by atoms with Gasteiger partial charge < -0.3 is 10.6 Å². The number of aromatic nitrogens is 4. The van der Waals surface area contributed by atoms with Crippen LogP contribution in [0.15, 0.2) is 54.6 Å². The van der Waals surface area contributed by atoms with Crippen LogP contribution in [0.4, 0.5) is 11.8 Å². The summed E-state index contributed by atoms with van der Waals surface area (Å²) in [6.45, 7) is 4.59. The first-order chi connectivity index (χ1) is 15.1. The van der Waals surface area contributed by atoms with Gasteiger partial charge in [-0.3, -0.25) is 9.58 Å².